The van der Waals surface area contributed by atoms with Gasteiger partial charge in [0.1, 0.15) is 0 Å². The van der Waals surface area contributed by atoms with Crippen LogP contribution in [0.25, 0.3) is 0 Å². The molecular weight excluding hydrogens is 274 g/mol. The van der Waals surface area contributed by atoms with Crippen LogP contribution in [-0.4, -0.2) is 42.3 Å². The van der Waals surface area contributed by atoms with Crippen molar-refractivity contribution in [2.75, 3.05) is 6.54 Å². The van der Waals surface area contributed by atoms with Crippen molar-refractivity contribution < 1.29 is 0 Å². The van der Waals surface area contributed by atoms with Crippen LogP contribution in [0.3, 0.4) is 0 Å². The van der Waals surface area contributed by atoms with Crippen LogP contribution < -0.4 is 5.32 Å². The Bertz CT molecular complexity index is 519. The summed E-state index contributed by atoms with van der Waals surface area (Å²) in [6.07, 6.45) is 3.75. The van der Waals surface area contributed by atoms with E-state index in [9.17, 15) is 0 Å². The predicted molar refractivity (Wildman–Crippen MR) is 78.4 cm³/mol. The molecule has 110 valence electrons. The molecule has 0 saturated heterocycles. The third-order valence-electron chi connectivity index (χ3n) is 2.86. The van der Waals surface area contributed by atoms with Crippen LogP contribution in [0.1, 0.15) is 26.5 Å². The molecule has 1 N–H and O–H groups in total. The fraction of sp³-hybridized carbons (Fsp3) is 0.667. The summed E-state index contributed by atoms with van der Waals surface area (Å²) < 4.78 is 3.97. The minimum atomic E-state index is 0.474. The minimum absolute atomic E-state index is 0.474. The molecule has 0 atom stereocenters. The Kier molecular flexibility index (Phi) is 5.54. The summed E-state index contributed by atoms with van der Waals surface area (Å²) >= 11 is 1.64. The normalized spacial score (nSPS) is 11.4. The van der Waals surface area contributed by atoms with E-state index in [4.69, 9.17) is 0 Å². The molecule has 0 aliphatic rings. The van der Waals surface area contributed by atoms with Gasteiger partial charge in [0.15, 0.2) is 0 Å². The molecule has 0 saturated carbocycles. The first-order chi connectivity index (χ1) is 9.70. The summed E-state index contributed by atoms with van der Waals surface area (Å²) in [5.74, 6) is 0.825. The molecule has 0 bridgehead atoms. The predicted octanol–water partition coefficient (Wildman–Crippen LogP) is 1.18. The first kappa shape index (κ1) is 15.0. The maximum Gasteiger partial charge on any atom is 0.209 e. The molecule has 0 aliphatic heterocycles. The van der Waals surface area contributed by atoms with E-state index in [1.54, 1.807) is 11.8 Å². The number of aromatic nitrogens is 6. The second-order valence-electron chi connectivity index (χ2n) is 4.75. The summed E-state index contributed by atoms with van der Waals surface area (Å²) in [5, 5.41) is 16.1. The van der Waals surface area contributed by atoms with Crippen molar-refractivity contribution in [1.29, 1.82) is 0 Å². The van der Waals surface area contributed by atoms with Gasteiger partial charge < -0.3 is 9.88 Å². The maximum absolute atomic E-state index is 4.17. The number of tetrazole rings is 1. The highest BCUT2D eigenvalue weighted by Gasteiger charge is 2.09. The van der Waals surface area contributed by atoms with Gasteiger partial charge in [-0.25, -0.2) is 9.67 Å². The molecule has 7 nitrogen and oxygen atoms in total. The van der Waals surface area contributed by atoms with Gasteiger partial charge in [0.05, 0.1) is 12.9 Å². The SMILES string of the molecule is CCn1cncc1CSc1nnnn1CCNC(C)C. The van der Waals surface area contributed by atoms with Gasteiger partial charge in [-0.15, -0.1) is 5.10 Å². The summed E-state index contributed by atoms with van der Waals surface area (Å²) in [4.78, 5) is 4.17. The van der Waals surface area contributed by atoms with E-state index in [-0.39, 0.29) is 0 Å². The van der Waals surface area contributed by atoms with Crippen LogP contribution >= 0.6 is 11.8 Å². The lowest BCUT2D eigenvalue weighted by atomic mass is 10.4. The molecular formula is C12H21N7S. The lowest BCUT2D eigenvalue weighted by Gasteiger charge is -2.08. The van der Waals surface area contributed by atoms with Crippen molar-refractivity contribution in [3.05, 3.63) is 18.2 Å². The molecule has 2 aromatic heterocycles. The van der Waals surface area contributed by atoms with Gasteiger partial charge in [-0.1, -0.05) is 25.6 Å². The van der Waals surface area contributed by atoms with Crippen molar-refractivity contribution >= 4 is 11.8 Å². The number of thioether (sulfide) groups is 1. The molecule has 0 amide bonds. The Morgan fingerprint density at radius 1 is 1.40 bits per heavy atom. The van der Waals surface area contributed by atoms with Crippen LogP contribution in [0.4, 0.5) is 0 Å². The van der Waals surface area contributed by atoms with E-state index in [1.807, 2.05) is 17.2 Å². The van der Waals surface area contributed by atoms with E-state index in [2.05, 4.69) is 51.2 Å². The second kappa shape index (κ2) is 7.39. The Morgan fingerprint density at radius 2 is 2.25 bits per heavy atom. The van der Waals surface area contributed by atoms with Crippen LogP contribution in [0.15, 0.2) is 17.7 Å². The van der Waals surface area contributed by atoms with Gasteiger partial charge in [-0.2, -0.15) is 0 Å². The van der Waals surface area contributed by atoms with Crippen LogP contribution in [0.5, 0.6) is 0 Å². The lowest BCUT2D eigenvalue weighted by molar-refractivity contribution is 0.485. The summed E-state index contributed by atoms with van der Waals surface area (Å²) in [5.41, 5.74) is 1.19. The average molecular weight is 295 g/mol. The smallest absolute Gasteiger partial charge is 0.209 e. The molecule has 8 heteroatoms. The molecule has 20 heavy (non-hydrogen) atoms. The highest BCUT2D eigenvalue weighted by atomic mass is 32.2. The summed E-state index contributed by atoms with van der Waals surface area (Å²) in [7, 11) is 0. The highest BCUT2D eigenvalue weighted by molar-refractivity contribution is 7.98. The fourth-order valence-corrected chi connectivity index (χ4v) is 2.68. The highest BCUT2D eigenvalue weighted by Crippen LogP contribution is 2.19. The van der Waals surface area contributed by atoms with Crippen LogP contribution in [0, 0.1) is 0 Å². The molecule has 0 radical (unpaired) electrons. The number of imidazole rings is 1. The Balaban J connectivity index is 1.88. The van der Waals surface area contributed by atoms with E-state index >= 15 is 0 Å². The van der Waals surface area contributed by atoms with Gasteiger partial charge in [0.25, 0.3) is 0 Å². The zero-order valence-corrected chi connectivity index (χ0v) is 13.0. The second-order valence-corrected chi connectivity index (χ2v) is 5.70. The number of rotatable bonds is 8. The first-order valence-electron chi connectivity index (χ1n) is 6.82. The quantitative estimate of drug-likeness (QED) is 0.737. The Morgan fingerprint density at radius 3 is 3.00 bits per heavy atom. The molecule has 2 heterocycles. The van der Waals surface area contributed by atoms with E-state index < -0.39 is 0 Å². The Hall–Kier alpha value is -1.41. The fourth-order valence-electron chi connectivity index (χ4n) is 1.79. The van der Waals surface area contributed by atoms with Gasteiger partial charge in [-0.3, -0.25) is 0 Å². The molecule has 0 aromatic carbocycles. The van der Waals surface area contributed by atoms with Gasteiger partial charge >= 0.3 is 0 Å². The van der Waals surface area contributed by atoms with Crippen molar-refractivity contribution in [1.82, 2.24) is 35.1 Å². The maximum atomic E-state index is 4.17. The standard InChI is InChI=1S/C12H21N7S/c1-4-18-9-13-7-11(18)8-20-12-15-16-17-19(12)6-5-14-10(2)3/h7,9-10,14H,4-6,8H2,1-3H3. The van der Waals surface area contributed by atoms with Gasteiger partial charge in [0, 0.05) is 36.8 Å². The molecule has 0 aliphatic carbocycles. The van der Waals surface area contributed by atoms with Crippen molar-refractivity contribution in [2.24, 2.45) is 0 Å². The van der Waals surface area contributed by atoms with E-state index in [0.717, 1.165) is 30.5 Å². The number of nitrogens with zero attached hydrogens (tertiary/aromatic N) is 6. The summed E-state index contributed by atoms with van der Waals surface area (Å²) in [6, 6.07) is 0.474. The number of nitrogens with one attached hydrogen (secondary N) is 1. The first-order valence-corrected chi connectivity index (χ1v) is 7.80. The molecule has 2 aromatic rings. The van der Waals surface area contributed by atoms with Crippen molar-refractivity contribution in [3.8, 4) is 0 Å². The van der Waals surface area contributed by atoms with Crippen LogP contribution in [0.2, 0.25) is 0 Å². The van der Waals surface area contributed by atoms with Crippen LogP contribution in [-0.2, 0) is 18.8 Å². The van der Waals surface area contributed by atoms with Gasteiger partial charge in [-0.05, 0) is 17.4 Å². The topological polar surface area (TPSA) is 73.5 Å². The average Bonchev–Trinajstić information content (AvgIpc) is 3.04. The molecule has 0 fully saturated rings. The zero-order valence-electron chi connectivity index (χ0n) is 12.2. The van der Waals surface area contributed by atoms with Gasteiger partial charge in [0.2, 0.25) is 5.16 Å². The van der Waals surface area contributed by atoms with E-state index in [1.165, 1.54) is 5.69 Å². The molecule has 0 spiro atoms. The Labute approximate surface area is 123 Å². The largest absolute Gasteiger partial charge is 0.334 e. The minimum Gasteiger partial charge on any atom is -0.334 e. The van der Waals surface area contributed by atoms with Crippen molar-refractivity contribution in [2.45, 2.75) is 50.8 Å². The number of aryl methyl sites for hydroxylation is 1. The zero-order chi connectivity index (χ0) is 14.4. The van der Waals surface area contributed by atoms with Crippen molar-refractivity contribution in [3.63, 3.8) is 0 Å². The lowest BCUT2D eigenvalue weighted by Crippen LogP contribution is -2.27. The number of hydrogen-bond donors (Lipinski definition) is 1. The number of hydrogen-bond acceptors (Lipinski definition) is 6. The molecule has 0 unspecified atom stereocenters. The third-order valence-corrected chi connectivity index (χ3v) is 3.85. The monoisotopic (exact) mass is 295 g/mol. The third kappa shape index (κ3) is 4.04. The molecule has 2 rings (SSSR count). The van der Waals surface area contributed by atoms with E-state index in [0.29, 0.717) is 6.04 Å². The summed E-state index contributed by atoms with van der Waals surface area (Å²) in [6.45, 7) is 8.93.